The number of aromatic nitrogens is 2. The minimum absolute atomic E-state index is 0.0718. The van der Waals surface area contributed by atoms with Crippen LogP contribution >= 0.6 is 23.1 Å². The number of amides is 1. The number of ketones is 1. The summed E-state index contributed by atoms with van der Waals surface area (Å²) in [6, 6.07) is 11.5. The van der Waals surface area contributed by atoms with E-state index >= 15 is 0 Å². The number of carbonyl (C=O) groups is 2. The van der Waals surface area contributed by atoms with Gasteiger partial charge in [0.05, 0.1) is 44.6 Å². The van der Waals surface area contributed by atoms with Gasteiger partial charge in [-0.05, 0) is 61.6 Å². The lowest BCUT2D eigenvalue weighted by molar-refractivity contribution is -0.116. The zero-order valence-corrected chi connectivity index (χ0v) is 26.6. The van der Waals surface area contributed by atoms with Crippen molar-refractivity contribution in [3.05, 3.63) is 69.7 Å². The number of rotatable bonds is 9. The largest absolute Gasteiger partial charge is 0.493 e. The summed E-state index contributed by atoms with van der Waals surface area (Å²) in [4.78, 5) is 27.9. The van der Waals surface area contributed by atoms with Crippen LogP contribution in [0.25, 0.3) is 0 Å². The average molecular weight is 633 g/mol. The number of nitrogens with one attached hydrogen (secondary N) is 1. The molecule has 0 bridgehead atoms. The molecule has 1 aromatic heterocycles. The van der Waals surface area contributed by atoms with Crippen molar-refractivity contribution >= 4 is 45.6 Å². The Morgan fingerprint density at radius 2 is 1.89 bits per heavy atom. The Kier molecular flexibility index (Phi) is 9.12. The molecule has 1 atom stereocenters. The number of methoxy groups -OCH3 is 3. The fraction of sp³-hybridized carbons (Fsp3) is 0.323. The Morgan fingerprint density at radius 3 is 2.55 bits per heavy atom. The summed E-state index contributed by atoms with van der Waals surface area (Å²) in [5.74, 6) is 0.529. The van der Waals surface area contributed by atoms with Crippen LogP contribution in [0.4, 0.5) is 10.8 Å². The predicted molar refractivity (Wildman–Crippen MR) is 169 cm³/mol. The van der Waals surface area contributed by atoms with Gasteiger partial charge in [0.2, 0.25) is 16.8 Å². The molecule has 228 valence electrons. The van der Waals surface area contributed by atoms with Crippen LogP contribution in [-0.2, 0) is 9.59 Å². The van der Waals surface area contributed by atoms with Crippen molar-refractivity contribution in [3.63, 3.8) is 0 Å². The molecule has 3 N–H and O–H groups in total. The van der Waals surface area contributed by atoms with Gasteiger partial charge in [0.15, 0.2) is 21.6 Å². The monoisotopic (exact) mass is 632 g/mol. The van der Waals surface area contributed by atoms with E-state index < -0.39 is 5.92 Å². The maximum Gasteiger partial charge on any atom is 0.234 e. The third kappa shape index (κ3) is 5.70. The van der Waals surface area contributed by atoms with Crippen molar-refractivity contribution in [3.8, 4) is 23.3 Å². The number of nitrogens with two attached hydrogens (primary N) is 1. The van der Waals surface area contributed by atoms with E-state index in [2.05, 4.69) is 21.6 Å². The second-order valence-corrected chi connectivity index (χ2v) is 12.4. The molecule has 0 saturated heterocycles. The van der Waals surface area contributed by atoms with Gasteiger partial charge in [0.25, 0.3) is 0 Å². The van der Waals surface area contributed by atoms with Gasteiger partial charge in [-0.1, -0.05) is 35.2 Å². The summed E-state index contributed by atoms with van der Waals surface area (Å²) in [6.07, 6.45) is 1.53. The Balaban J connectivity index is 1.47. The minimum atomic E-state index is -0.733. The van der Waals surface area contributed by atoms with E-state index in [1.807, 2.05) is 32.0 Å². The first kappa shape index (κ1) is 30.9. The van der Waals surface area contributed by atoms with E-state index in [0.717, 1.165) is 16.8 Å². The molecule has 0 saturated carbocycles. The second-order valence-electron chi connectivity index (χ2n) is 10.2. The van der Waals surface area contributed by atoms with E-state index in [-0.39, 0.29) is 28.8 Å². The number of nitriles is 1. The van der Waals surface area contributed by atoms with E-state index in [4.69, 9.17) is 19.9 Å². The smallest absolute Gasteiger partial charge is 0.234 e. The highest BCUT2D eigenvalue weighted by Crippen LogP contribution is 2.50. The number of hydrogen-bond donors (Lipinski definition) is 2. The van der Waals surface area contributed by atoms with Gasteiger partial charge in [0, 0.05) is 23.4 Å². The molecule has 13 heteroatoms. The summed E-state index contributed by atoms with van der Waals surface area (Å²) in [5, 5.41) is 22.4. The van der Waals surface area contributed by atoms with Crippen LogP contribution < -0.4 is 30.2 Å². The zero-order valence-electron chi connectivity index (χ0n) is 25.0. The number of ether oxygens (including phenoxy) is 3. The summed E-state index contributed by atoms with van der Waals surface area (Å²) in [6.45, 7) is 3.96. The van der Waals surface area contributed by atoms with Crippen molar-refractivity contribution in [2.45, 2.75) is 43.4 Å². The highest BCUT2D eigenvalue weighted by Gasteiger charge is 2.42. The van der Waals surface area contributed by atoms with E-state index in [0.29, 0.717) is 62.8 Å². The summed E-state index contributed by atoms with van der Waals surface area (Å²) < 4.78 is 17.1. The molecule has 5 rings (SSSR count). The maximum absolute atomic E-state index is 13.5. The fourth-order valence-electron chi connectivity index (χ4n) is 5.46. The van der Waals surface area contributed by atoms with Crippen molar-refractivity contribution in [1.29, 1.82) is 5.26 Å². The third-order valence-corrected chi connectivity index (χ3v) is 9.77. The van der Waals surface area contributed by atoms with Crippen molar-refractivity contribution < 1.29 is 23.8 Å². The van der Waals surface area contributed by atoms with Crippen molar-refractivity contribution in [1.82, 2.24) is 10.2 Å². The fourth-order valence-corrected chi connectivity index (χ4v) is 7.14. The minimum Gasteiger partial charge on any atom is -0.493 e. The lowest BCUT2D eigenvalue weighted by atomic mass is 9.75. The van der Waals surface area contributed by atoms with E-state index in [1.165, 1.54) is 44.4 Å². The van der Waals surface area contributed by atoms with Crippen LogP contribution in [0.3, 0.4) is 0 Å². The van der Waals surface area contributed by atoms with Crippen LogP contribution in [0.2, 0.25) is 0 Å². The Hall–Kier alpha value is -4.54. The number of nitrogens with zero attached hydrogens (tertiary/aromatic N) is 4. The molecular formula is C31H32N6O5S2. The Morgan fingerprint density at radius 1 is 1.16 bits per heavy atom. The number of benzene rings is 2. The van der Waals surface area contributed by atoms with Crippen LogP contribution in [0, 0.1) is 25.2 Å². The zero-order chi connectivity index (χ0) is 31.5. The van der Waals surface area contributed by atoms with Crippen LogP contribution in [0.5, 0.6) is 17.2 Å². The second kappa shape index (κ2) is 13.0. The summed E-state index contributed by atoms with van der Waals surface area (Å²) in [7, 11) is 4.52. The highest BCUT2D eigenvalue weighted by molar-refractivity contribution is 8.01. The predicted octanol–water partition coefficient (Wildman–Crippen LogP) is 5.22. The molecule has 0 spiro atoms. The van der Waals surface area contributed by atoms with Crippen molar-refractivity contribution in [2.24, 2.45) is 5.73 Å². The van der Waals surface area contributed by atoms with Crippen LogP contribution in [0.1, 0.15) is 41.9 Å². The molecule has 0 radical (unpaired) electrons. The van der Waals surface area contributed by atoms with E-state index in [1.54, 1.807) is 17.0 Å². The number of thioether (sulfide) groups is 1. The van der Waals surface area contributed by atoms with E-state index in [9.17, 15) is 14.9 Å². The molecule has 3 aromatic rings. The molecule has 2 heterocycles. The SMILES string of the molecule is COc1cc(C2C(C#N)=C(N)N(c3nnc(SCC(=O)Nc4cccc(C)c4C)s3)C3=C2C(=O)CCC3)cc(OC)c1OC. The first-order valence-corrected chi connectivity index (χ1v) is 15.6. The summed E-state index contributed by atoms with van der Waals surface area (Å²) >= 11 is 2.49. The number of aryl methyl sites for hydroxylation is 1. The lowest BCUT2D eigenvalue weighted by Crippen LogP contribution is -2.38. The molecule has 44 heavy (non-hydrogen) atoms. The number of allylic oxidation sites excluding steroid dienone is 3. The molecule has 0 fully saturated rings. The van der Waals surface area contributed by atoms with Gasteiger partial charge in [-0.15, -0.1) is 10.2 Å². The maximum atomic E-state index is 13.5. The number of anilines is 2. The van der Waals surface area contributed by atoms with Gasteiger partial charge in [-0.2, -0.15) is 5.26 Å². The molecule has 2 aliphatic rings. The van der Waals surface area contributed by atoms with Crippen LogP contribution in [-0.4, -0.2) is 49.0 Å². The standard InChI is InChI=1S/C31H32N6O5S2/c1-16-8-6-9-20(17(16)2)34-25(39)15-43-31-36-35-30(44-31)37-21-10-7-11-22(38)27(21)26(19(14-32)29(37)33)18-12-23(40-3)28(42-5)24(13-18)41-4/h6,8-9,12-13,26H,7,10-11,15,33H2,1-5H3,(H,34,39). The van der Waals surface area contributed by atoms with Gasteiger partial charge in [-0.3, -0.25) is 14.5 Å². The normalized spacial score (nSPS) is 16.4. The number of carbonyl (C=O) groups excluding carboxylic acids is 2. The highest BCUT2D eigenvalue weighted by atomic mass is 32.2. The Bertz CT molecular complexity index is 1720. The molecule has 1 unspecified atom stereocenters. The lowest BCUT2D eigenvalue weighted by Gasteiger charge is -2.38. The van der Waals surface area contributed by atoms with Gasteiger partial charge < -0.3 is 25.3 Å². The topological polar surface area (TPSA) is 153 Å². The number of Topliss-reactive ketones (excluding diaryl/α,β-unsaturated/α-hetero) is 1. The molecule has 2 aromatic carbocycles. The quantitative estimate of drug-likeness (QED) is 0.299. The number of hydrogen-bond acceptors (Lipinski definition) is 12. The molecule has 11 nitrogen and oxygen atoms in total. The van der Waals surface area contributed by atoms with Gasteiger partial charge in [0.1, 0.15) is 5.82 Å². The van der Waals surface area contributed by atoms with Gasteiger partial charge >= 0.3 is 0 Å². The Labute approximate surface area is 263 Å². The average Bonchev–Trinajstić information content (AvgIpc) is 3.49. The summed E-state index contributed by atoms with van der Waals surface area (Å²) in [5.41, 5.74) is 11.6. The third-order valence-electron chi connectivity index (χ3n) is 7.73. The van der Waals surface area contributed by atoms with Crippen molar-refractivity contribution in [2.75, 3.05) is 37.3 Å². The molecule has 1 aliphatic heterocycles. The molecule has 1 aliphatic carbocycles. The molecule has 1 amide bonds. The molecular weight excluding hydrogens is 601 g/mol. The van der Waals surface area contributed by atoms with Crippen LogP contribution in [0.15, 0.2) is 57.3 Å². The first-order chi connectivity index (χ1) is 21.2. The van der Waals surface area contributed by atoms with Gasteiger partial charge in [-0.25, -0.2) is 0 Å². The first-order valence-electron chi connectivity index (χ1n) is 13.8.